The first-order valence-electron chi connectivity index (χ1n) is 7.89. The zero-order valence-electron chi connectivity index (χ0n) is 13.4. The second kappa shape index (κ2) is 7.21. The number of rotatable bonds is 4. The van der Waals surface area contributed by atoms with Gasteiger partial charge in [0, 0.05) is 17.3 Å². The number of aliphatic hydroxyl groups is 2. The lowest BCUT2D eigenvalue weighted by molar-refractivity contribution is 0.0313. The Labute approximate surface area is 163 Å². The third-order valence-electron chi connectivity index (χ3n) is 4.14. The van der Waals surface area contributed by atoms with E-state index in [2.05, 4.69) is 20.3 Å². The molecule has 1 saturated heterocycles. The zero-order chi connectivity index (χ0) is 18.3. The van der Waals surface area contributed by atoms with Crippen molar-refractivity contribution < 1.29 is 10.2 Å². The third kappa shape index (κ3) is 3.35. The number of fused-ring (bicyclic) bond motifs is 1. The molecule has 0 bridgehead atoms. The molecule has 0 saturated carbocycles. The van der Waals surface area contributed by atoms with E-state index < -0.39 is 12.2 Å². The SMILES string of the molecule is O[C@@H]1[C@H](n2cnc3c(NCc4cccc(Cl)c4)nc(Cl)nc32)SC[C@@H]1O. The summed E-state index contributed by atoms with van der Waals surface area (Å²) in [6.07, 6.45) is -0.0895. The van der Waals surface area contributed by atoms with Crippen molar-refractivity contribution in [1.82, 2.24) is 19.5 Å². The van der Waals surface area contributed by atoms with E-state index in [4.69, 9.17) is 23.2 Å². The minimum Gasteiger partial charge on any atom is -0.389 e. The molecule has 0 radical (unpaired) electrons. The van der Waals surface area contributed by atoms with E-state index in [0.717, 1.165) is 5.56 Å². The standard InChI is InChI=1S/C16H15Cl2N5O2S/c17-9-3-1-2-8(4-9)5-19-13-11-14(22-16(18)21-13)23(7-20-11)15-12(25)10(24)6-26-15/h1-4,7,10,12,15,24-25H,5-6H2,(H,19,21,22)/t10-,12-,15+/m0/s1. The minimum atomic E-state index is -0.894. The molecular weight excluding hydrogens is 397 g/mol. The van der Waals surface area contributed by atoms with E-state index in [1.165, 1.54) is 11.8 Å². The number of aliphatic hydroxyl groups excluding tert-OH is 2. The van der Waals surface area contributed by atoms with Crippen LogP contribution in [0.5, 0.6) is 0 Å². The Kier molecular flexibility index (Phi) is 4.94. The number of nitrogens with one attached hydrogen (secondary N) is 1. The van der Waals surface area contributed by atoms with Gasteiger partial charge in [-0.25, -0.2) is 4.98 Å². The Hall–Kier alpha value is -1.58. The molecule has 0 amide bonds. The Balaban J connectivity index is 1.66. The molecule has 3 atom stereocenters. The van der Waals surface area contributed by atoms with Gasteiger partial charge in [-0.15, -0.1) is 11.8 Å². The lowest BCUT2D eigenvalue weighted by Crippen LogP contribution is -2.27. The van der Waals surface area contributed by atoms with Gasteiger partial charge in [-0.05, 0) is 29.3 Å². The predicted molar refractivity (Wildman–Crippen MR) is 103 cm³/mol. The van der Waals surface area contributed by atoms with E-state index in [9.17, 15) is 10.2 Å². The monoisotopic (exact) mass is 411 g/mol. The van der Waals surface area contributed by atoms with Crippen molar-refractivity contribution in [1.29, 1.82) is 0 Å². The molecular formula is C16H15Cl2N5O2S. The molecule has 26 heavy (non-hydrogen) atoms. The van der Waals surface area contributed by atoms with Gasteiger partial charge >= 0.3 is 0 Å². The molecule has 136 valence electrons. The quantitative estimate of drug-likeness (QED) is 0.567. The highest BCUT2D eigenvalue weighted by Gasteiger charge is 2.36. The molecule has 1 aromatic carbocycles. The van der Waals surface area contributed by atoms with Gasteiger partial charge in [-0.1, -0.05) is 23.7 Å². The van der Waals surface area contributed by atoms with Gasteiger partial charge in [-0.3, -0.25) is 4.57 Å². The minimum absolute atomic E-state index is 0.0749. The highest BCUT2D eigenvalue weighted by Crippen LogP contribution is 2.38. The number of imidazole rings is 1. The fourth-order valence-corrected chi connectivity index (χ4v) is 4.52. The van der Waals surface area contributed by atoms with Crippen molar-refractivity contribution in [3.8, 4) is 0 Å². The van der Waals surface area contributed by atoms with E-state index in [1.807, 2.05) is 24.3 Å². The predicted octanol–water partition coefficient (Wildman–Crippen LogP) is 2.71. The number of hydrogen-bond donors (Lipinski definition) is 3. The molecule has 7 nitrogen and oxygen atoms in total. The van der Waals surface area contributed by atoms with Gasteiger partial charge in [0.05, 0.1) is 12.4 Å². The molecule has 0 aliphatic carbocycles. The van der Waals surface area contributed by atoms with Crippen LogP contribution in [-0.4, -0.2) is 47.7 Å². The first-order chi connectivity index (χ1) is 12.5. The molecule has 3 N–H and O–H groups in total. The molecule has 3 aromatic rings. The van der Waals surface area contributed by atoms with Crippen molar-refractivity contribution in [2.45, 2.75) is 24.1 Å². The highest BCUT2D eigenvalue weighted by molar-refractivity contribution is 7.99. The van der Waals surface area contributed by atoms with Crippen molar-refractivity contribution in [3.63, 3.8) is 0 Å². The van der Waals surface area contributed by atoms with E-state index in [-0.39, 0.29) is 10.7 Å². The molecule has 10 heteroatoms. The summed E-state index contributed by atoms with van der Waals surface area (Å²) < 4.78 is 1.72. The molecule has 1 fully saturated rings. The summed E-state index contributed by atoms with van der Waals surface area (Å²) in [6.45, 7) is 0.495. The third-order valence-corrected chi connectivity index (χ3v) is 5.93. The first kappa shape index (κ1) is 17.8. The molecule has 1 aliphatic heterocycles. The number of halogens is 2. The van der Waals surface area contributed by atoms with Crippen molar-refractivity contribution >= 4 is 51.9 Å². The van der Waals surface area contributed by atoms with Gasteiger partial charge in [0.25, 0.3) is 0 Å². The van der Waals surface area contributed by atoms with Crippen LogP contribution < -0.4 is 5.32 Å². The second-order valence-corrected chi connectivity index (χ2v) is 7.85. The molecule has 3 heterocycles. The Morgan fingerprint density at radius 2 is 2.12 bits per heavy atom. The summed E-state index contributed by atoms with van der Waals surface area (Å²) in [6, 6.07) is 7.50. The van der Waals surface area contributed by atoms with Crippen LogP contribution in [0, 0.1) is 0 Å². The number of anilines is 1. The Morgan fingerprint density at radius 1 is 1.27 bits per heavy atom. The summed E-state index contributed by atoms with van der Waals surface area (Å²) in [5.41, 5.74) is 2.04. The Morgan fingerprint density at radius 3 is 2.85 bits per heavy atom. The molecule has 0 unspecified atom stereocenters. The average Bonchev–Trinajstić information content (AvgIpc) is 3.17. The summed E-state index contributed by atoms with van der Waals surface area (Å²) in [4.78, 5) is 12.9. The topological polar surface area (TPSA) is 96.1 Å². The van der Waals surface area contributed by atoms with Gasteiger partial charge in [-0.2, -0.15) is 9.97 Å². The van der Waals surface area contributed by atoms with Crippen LogP contribution in [0.2, 0.25) is 10.3 Å². The lowest BCUT2D eigenvalue weighted by atomic mass is 10.2. The van der Waals surface area contributed by atoms with E-state index in [0.29, 0.717) is 34.3 Å². The van der Waals surface area contributed by atoms with Crippen LogP contribution in [-0.2, 0) is 6.54 Å². The van der Waals surface area contributed by atoms with Crippen molar-refractivity contribution in [2.24, 2.45) is 0 Å². The second-order valence-electron chi connectivity index (χ2n) is 5.93. The van der Waals surface area contributed by atoms with Crippen molar-refractivity contribution in [3.05, 3.63) is 46.5 Å². The van der Waals surface area contributed by atoms with Crippen LogP contribution >= 0.6 is 35.0 Å². The normalized spacial score (nSPS) is 22.8. The number of aromatic nitrogens is 4. The van der Waals surface area contributed by atoms with Crippen LogP contribution in [0.25, 0.3) is 11.2 Å². The van der Waals surface area contributed by atoms with Crippen LogP contribution in [0.15, 0.2) is 30.6 Å². The number of hydrogen-bond acceptors (Lipinski definition) is 7. The molecule has 2 aromatic heterocycles. The smallest absolute Gasteiger partial charge is 0.226 e. The van der Waals surface area contributed by atoms with Crippen LogP contribution in [0.4, 0.5) is 5.82 Å². The number of thioether (sulfide) groups is 1. The lowest BCUT2D eigenvalue weighted by Gasteiger charge is -2.17. The largest absolute Gasteiger partial charge is 0.389 e. The fourth-order valence-electron chi connectivity index (χ4n) is 2.86. The maximum atomic E-state index is 10.2. The van der Waals surface area contributed by atoms with E-state index in [1.54, 1.807) is 10.9 Å². The average molecular weight is 412 g/mol. The maximum Gasteiger partial charge on any atom is 0.226 e. The van der Waals surface area contributed by atoms with Crippen LogP contribution in [0.3, 0.4) is 0 Å². The molecule has 4 rings (SSSR count). The summed E-state index contributed by atoms with van der Waals surface area (Å²) in [5.74, 6) is 0.946. The number of benzene rings is 1. The summed E-state index contributed by atoms with van der Waals surface area (Å²) in [5, 5.41) is 23.5. The van der Waals surface area contributed by atoms with Gasteiger partial charge in [0.1, 0.15) is 11.5 Å². The van der Waals surface area contributed by atoms with Crippen molar-refractivity contribution in [2.75, 3.05) is 11.1 Å². The van der Waals surface area contributed by atoms with Gasteiger partial charge < -0.3 is 15.5 Å². The Bertz CT molecular complexity index is 954. The molecule has 1 aliphatic rings. The maximum absolute atomic E-state index is 10.2. The van der Waals surface area contributed by atoms with Gasteiger partial charge in [0.2, 0.25) is 5.28 Å². The zero-order valence-corrected chi connectivity index (χ0v) is 15.7. The highest BCUT2D eigenvalue weighted by atomic mass is 35.5. The van der Waals surface area contributed by atoms with Gasteiger partial charge in [0.15, 0.2) is 17.0 Å². The van der Waals surface area contributed by atoms with Crippen LogP contribution in [0.1, 0.15) is 10.9 Å². The fraction of sp³-hybridized carbons (Fsp3) is 0.312. The van der Waals surface area contributed by atoms with E-state index >= 15 is 0 Å². The number of nitrogens with zero attached hydrogens (tertiary/aromatic N) is 4. The molecule has 0 spiro atoms. The summed E-state index contributed by atoms with van der Waals surface area (Å²) in [7, 11) is 0. The summed E-state index contributed by atoms with van der Waals surface area (Å²) >= 11 is 13.5. The first-order valence-corrected chi connectivity index (χ1v) is 9.69.